The molecule has 1 fully saturated rings. The van der Waals surface area contributed by atoms with E-state index in [-0.39, 0.29) is 0 Å². The van der Waals surface area contributed by atoms with E-state index in [0.29, 0.717) is 6.04 Å². The molecule has 4 rings (SSSR count). The molecule has 0 aliphatic carbocycles. The van der Waals surface area contributed by atoms with Gasteiger partial charge in [0.05, 0.1) is 0 Å². The van der Waals surface area contributed by atoms with Crippen LogP contribution in [0.2, 0.25) is 0 Å². The molecule has 1 N–H and O–H groups in total. The number of benzene rings is 1. The first-order valence-corrected chi connectivity index (χ1v) is 10.4. The Hall–Kier alpha value is -2.47. The number of likely N-dealkylation sites (tertiary alicyclic amines) is 1. The molecule has 0 spiro atoms. The van der Waals surface area contributed by atoms with Crippen LogP contribution >= 0.6 is 0 Å². The first kappa shape index (κ1) is 18.9. The number of imidazole rings is 1. The Morgan fingerprint density at radius 3 is 2.50 bits per heavy atom. The lowest BCUT2D eigenvalue weighted by molar-refractivity contribution is 0.211. The predicted molar refractivity (Wildman–Crippen MR) is 113 cm³/mol. The summed E-state index contributed by atoms with van der Waals surface area (Å²) in [6.45, 7) is 10.4. The van der Waals surface area contributed by atoms with Gasteiger partial charge in [-0.3, -0.25) is 4.90 Å². The summed E-state index contributed by atoms with van der Waals surface area (Å²) in [5.74, 6) is 2.70. The van der Waals surface area contributed by atoms with Crippen molar-refractivity contribution in [2.45, 2.75) is 59.2 Å². The van der Waals surface area contributed by atoms with Crippen molar-refractivity contribution < 1.29 is 0 Å². The molecular formula is C22H30N6. The van der Waals surface area contributed by atoms with Crippen molar-refractivity contribution in [2.24, 2.45) is 0 Å². The highest BCUT2D eigenvalue weighted by atomic mass is 15.2. The third kappa shape index (κ3) is 4.02. The maximum Gasteiger partial charge on any atom is 0.165 e. The van der Waals surface area contributed by atoms with Gasteiger partial charge in [0, 0.05) is 32.2 Å². The quantitative estimate of drug-likeness (QED) is 0.704. The van der Waals surface area contributed by atoms with Gasteiger partial charge in [0.1, 0.15) is 11.6 Å². The second-order valence-corrected chi connectivity index (χ2v) is 7.78. The molecule has 0 atom stereocenters. The number of rotatable bonds is 6. The number of nitrogens with zero attached hydrogens (tertiary/aromatic N) is 5. The van der Waals surface area contributed by atoms with E-state index in [0.717, 1.165) is 74.1 Å². The van der Waals surface area contributed by atoms with E-state index in [9.17, 15) is 0 Å². The van der Waals surface area contributed by atoms with Gasteiger partial charge in [-0.2, -0.15) is 0 Å². The number of aromatic nitrogens is 4. The number of nitrogens with one attached hydrogen (secondary N) is 1. The van der Waals surface area contributed by atoms with Crippen molar-refractivity contribution in [1.82, 2.24) is 24.4 Å². The average Bonchev–Trinajstić information content (AvgIpc) is 3.00. The van der Waals surface area contributed by atoms with Gasteiger partial charge in [-0.1, -0.05) is 37.3 Å². The SMILES string of the molecule is CCCn1c(C)nc2c(NC3CCN(Cc4ccccc4)CC3)nc(C)nc21. The van der Waals surface area contributed by atoms with Gasteiger partial charge < -0.3 is 9.88 Å². The Morgan fingerprint density at radius 2 is 1.79 bits per heavy atom. The molecule has 0 radical (unpaired) electrons. The summed E-state index contributed by atoms with van der Waals surface area (Å²) in [6.07, 6.45) is 3.30. The Kier molecular flexibility index (Phi) is 5.57. The summed E-state index contributed by atoms with van der Waals surface area (Å²) in [5.41, 5.74) is 3.25. The highest BCUT2D eigenvalue weighted by Gasteiger charge is 2.22. The molecule has 1 saturated heterocycles. The van der Waals surface area contributed by atoms with Crippen LogP contribution < -0.4 is 5.32 Å². The van der Waals surface area contributed by atoms with Gasteiger partial charge in [-0.05, 0) is 38.7 Å². The highest BCUT2D eigenvalue weighted by Crippen LogP contribution is 2.24. The minimum atomic E-state index is 0.432. The predicted octanol–water partition coefficient (Wildman–Crippen LogP) is 3.93. The lowest BCUT2D eigenvalue weighted by atomic mass is 10.0. The van der Waals surface area contributed by atoms with E-state index in [2.05, 4.69) is 68.9 Å². The van der Waals surface area contributed by atoms with Crippen LogP contribution in [0.15, 0.2) is 30.3 Å². The lowest BCUT2D eigenvalue weighted by Crippen LogP contribution is -2.38. The molecule has 1 aliphatic rings. The maximum atomic E-state index is 4.77. The van der Waals surface area contributed by atoms with Gasteiger partial charge >= 0.3 is 0 Å². The van der Waals surface area contributed by atoms with Crippen LogP contribution in [0.25, 0.3) is 11.2 Å². The molecule has 1 aromatic carbocycles. The van der Waals surface area contributed by atoms with Crippen LogP contribution in [0, 0.1) is 13.8 Å². The molecule has 148 valence electrons. The van der Waals surface area contributed by atoms with Gasteiger partial charge in [-0.15, -0.1) is 0 Å². The molecule has 0 unspecified atom stereocenters. The zero-order chi connectivity index (χ0) is 19.5. The normalized spacial score (nSPS) is 16.0. The minimum absolute atomic E-state index is 0.432. The summed E-state index contributed by atoms with van der Waals surface area (Å²) >= 11 is 0. The molecule has 6 nitrogen and oxygen atoms in total. The number of aryl methyl sites for hydroxylation is 3. The van der Waals surface area contributed by atoms with E-state index in [1.807, 2.05) is 6.92 Å². The van der Waals surface area contributed by atoms with Crippen LogP contribution in [0.5, 0.6) is 0 Å². The van der Waals surface area contributed by atoms with E-state index < -0.39 is 0 Å². The topological polar surface area (TPSA) is 58.9 Å². The fourth-order valence-electron chi connectivity index (χ4n) is 4.08. The van der Waals surface area contributed by atoms with E-state index in [1.165, 1.54) is 5.56 Å². The van der Waals surface area contributed by atoms with Crippen molar-refractivity contribution in [3.63, 3.8) is 0 Å². The van der Waals surface area contributed by atoms with Crippen molar-refractivity contribution in [3.8, 4) is 0 Å². The van der Waals surface area contributed by atoms with Gasteiger partial charge in [0.15, 0.2) is 17.0 Å². The molecule has 28 heavy (non-hydrogen) atoms. The standard InChI is InChI=1S/C22H30N6/c1-4-12-28-17(3)25-20-21(23-16(2)24-22(20)28)26-19-10-13-27(14-11-19)15-18-8-6-5-7-9-18/h5-9,19H,4,10-15H2,1-3H3,(H,23,24,26). The smallest absolute Gasteiger partial charge is 0.165 e. The molecule has 3 aromatic rings. The van der Waals surface area contributed by atoms with Gasteiger partial charge in [0.2, 0.25) is 0 Å². The average molecular weight is 379 g/mol. The molecule has 2 aromatic heterocycles. The van der Waals surface area contributed by atoms with Crippen molar-refractivity contribution in [1.29, 1.82) is 0 Å². The third-order valence-corrected chi connectivity index (χ3v) is 5.52. The van der Waals surface area contributed by atoms with Crippen molar-refractivity contribution in [2.75, 3.05) is 18.4 Å². The minimum Gasteiger partial charge on any atom is -0.365 e. The zero-order valence-corrected chi connectivity index (χ0v) is 17.1. The molecule has 3 heterocycles. The van der Waals surface area contributed by atoms with E-state index in [1.54, 1.807) is 0 Å². The van der Waals surface area contributed by atoms with E-state index >= 15 is 0 Å². The molecule has 1 aliphatic heterocycles. The number of piperidine rings is 1. The summed E-state index contributed by atoms with van der Waals surface area (Å²) < 4.78 is 2.21. The maximum absolute atomic E-state index is 4.77. The second-order valence-electron chi connectivity index (χ2n) is 7.78. The summed E-state index contributed by atoms with van der Waals surface area (Å²) in [7, 11) is 0. The van der Waals surface area contributed by atoms with Crippen LogP contribution in [0.4, 0.5) is 5.82 Å². The van der Waals surface area contributed by atoms with Gasteiger partial charge in [0.25, 0.3) is 0 Å². The van der Waals surface area contributed by atoms with Crippen LogP contribution in [0.1, 0.15) is 43.4 Å². The molecule has 0 amide bonds. The summed E-state index contributed by atoms with van der Waals surface area (Å²) in [5, 5.41) is 3.68. The summed E-state index contributed by atoms with van der Waals surface area (Å²) in [4.78, 5) is 16.7. The van der Waals surface area contributed by atoms with Crippen LogP contribution in [-0.2, 0) is 13.1 Å². The Bertz CT molecular complexity index is 925. The third-order valence-electron chi connectivity index (χ3n) is 5.52. The lowest BCUT2D eigenvalue weighted by Gasteiger charge is -2.32. The number of anilines is 1. The molecule has 0 bridgehead atoms. The first-order chi connectivity index (χ1) is 13.6. The number of fused-ring (bicyclic) bond motifs is 1. The number of hydrogen-bond donors (Lipinski definition) is 1. The van der Waals surface area contributed by atoms with Crippen LogP contribution in [-0.4, -0.2) is 43.6 Å². The fraction of sp³-hybridized carbons (Fsp3) is 0.500. The van der Waals surface area contributed by atoms with Gasteiger partial charge in [-0.25, -0.2) is 15.0 Å². The monoisotopic (exact) mass is 378 g/mol. The second kappa shape index (κ2) is 8.27. The highest BCUT2D eigenvalue weighted by molar-refractivity contribution is 5.83. The van der Waals surface area contributed by atoms with Crippen LogP contribution in [0.3, 0.4) is 0 Å². The Labute approximate surface area is 167 Å². The summed E-state index contributed by atoms with van der Waals surface area (Å²) in [6, 6.07) is 11.2. The molecular weight excluding hydrogens is 348 g/mol. The first-order valence-electron chi connectivity index (χ1n) is 10.4. The molecule has 0 saturated carbocycles. The van der Waals surface area contributed by atoms with Crippen molar-refractivity contribution in [3.05, 3.63) is 47.5 Å². The van der Waals surface area contributed by atoms with Crippen molar-refractivity contribution >= 4 is 17.0 Å². The van der Waals surface area contributed by atoms with E-state index in [4.69, 9.17) is 4.98 Å². The Balaban J connectivity index is 1.45. The number of hydrogen-bond acceptors (Lipinski definition) is 5. The fourth-order valence-corrected chi connectivity index (χ4v) is 4.08. The largest absolute Gasteiger partial charge is 0.365 e. The zero-order valence-electron chi connectivity index (χ0n) is 17.1. The Morgan fingerprint density at radius 1 is 1.04 bits per heavy atom. The molecule has 6 heteroatoms.